The molecular weight excluding hydrogens is 254 g/mol. The number of rotatable bonds is 5. The highest BCUT2D eigenvalue weighted by Gasteiger charge is 2.33. The molecule has 5 heteroatoms. The largest absolute Gasteiger partial charge is 0.441 e. The van der Waals surface area contributed by atoms with Gasteiger partial charge < -0.3 is 15.5 Å². The van der Waals surface area contributed by atoms with Crippen LogP contribution in [0.3, 0.4) is 0 Å². The molecule has 108 valence electrons. The highest BCUT2D eigenvalue weighted by Crippen LogP contribution is 2.28. The third kappa shape index (κ3) is 2.54. The van der Waals surface area contributed by atoms with Gasteiger partial charge in [-0.2, -0.15) is 0 Å². The first kappa shape index (κ1) is 14.5. The molecule has 20 heavy (non-hydrogen) atoms. The molecule has 3 N–H and O–H groups in total. The summed E-state index contributed by atoms with van der Waals surface area (Å²) in [6.07, 6.45) is 1.44. The first-order valence-corrected chi connectivity index (χ1v) is 6.93. The Morgan fingerprint density at radius 3 is 2.70 bits per heavy atom. The van der Waals surface area contributed by atoms with Crippen LogP contribution in [0.25, 0.3) is 11.1 Å². The molecule has 0 aliphatic carbocycles. The standard InChI is InChI=1S/C15H21N3O2/c1-4-15(5-2,9-16)14(19)18-11-6-7-12-13(8-11)20-10(3)17-12/h6-8H,4-5,9,16H2,1-3H3,(H,18,19). The predicted molar refractivity (Wildman–Crippen MR) is 79.4 cm³/mol. The number of nitrogens with two attached hydrogens (primary N) is 1. The third-order valence-corrected chi connectivity index (χ3v) is 3.98. The van der Waals surface area contributed by atoms with E-state index in [1.165, 1.54) is 0 Å². The molecule has 0 bridgehead atoms. The molecule has 0 fully saturated rings. The maximum atomic E-state index is 12.4. The van der Waals surface area contributed by atoms with Crippen LogP contribution in [0, 0.1) is 12.3 Å². The fourth-order valence-corrected chi connectivity index (χ4v) is 2.33. The maximum Gasteiger partial charge on any atom is 0.231 e. The zero-order valence-electron chi connectivity index (χ0n) is 12.2. The van der Waals surface area contributed by atoms with Crippen LogP contribution in [0.5, 0.6) is 0 Å². The smallest absolute Gasteiger partial charge is 0.231 e. The number of carbonyl (C=O) groups is 1. The van der Waals surface area contributed by atoms with Gasteiger partial charge in [0.05, 0.1) is 5.41 Å². The first-order valence-electron chi connectivity index (χ1n) is 6.93. The van der Waals surface area contributed by atoms with Gasteiger partial charge in [-0.15, -0.1) is 0 Å². The van der Waals surface area contributed by atoms with E-state index in [1.807, 2.05) is 26.0 Å². The van der Waals surface area contributed by atoms with Crippen molar-refractivity contribution in [3.8, 4) is 0 Å². The number of aromatic nitrogens is 1. The fraction of sp³-hybridized carbons (Fsp3) is 0.467. The van der Waals surface area contributed by atoms with Gasteiger partial charge in [0, 0.05) is 25.2 Å². The van der Waals surface area contributed by atoms with Crippen molar-refractivity contribution in [3.63, 3.8) is 0 Å². The SMILES string of the molecule is CCC(CC)(CN)C(=O)Nc1ccc2nc(C)oc2c1. The second-order valence-electron chi connectivity index (χ2n) is 5.06. The normalized spacial score (nSPS) is 11.8. The molecule has 2 rings (SSSR count). The summed E-state index contributed by atoms with van der Waals surface area (Å²) in [6.45, 7) is 6.11. The van der Waals surface area contributed by atoms with Crippen LogP contribution < -0.4 is 11.1 Å². The van der Waals surface area contributed by atoms with E-state index in [1.54, 1.807) is 13.0 Å². The number of hydrogen-bond acceptors (Lipinski definition) is 4. The van der Waals surface area contributed by atoms with E-state index in [-0.39, 0.29) is 5.91 Å². The number of amides is 1. The number of oxazole rings is 1. The van der Waals surface area contributed by atoms with Crippen molar-refractivity contribution in [2.75, 3.05) is 11.9 Å². The highest BCUT2D eigenvalue weighted by atomic mass is 16.3. The minimum absolute atomic E-state index is 0.0411. The molecule has 0 saturated carbocycles. The monoisotopic (exact) mass is 275 g/mol. The lowest BCUT2D eigenvalue weighted by Gasteiger charge is -2.28. The number of nitrogens with zero attached hydrogens (tertiary/aromatic N) is 1. The summed E-state index contributed by atoms with van der Waals surface area (Å²) in [5, 5.41) is 2.93. The molecule has 1 amide bonds. The number of aryl methyl sites for hydroxylation is 1. The minimum Gasteiger partial charge on any atom is -0.441 e. The second kappa shape index (κ2) is 5.63. The Kier molecular flexibility index (Phi) is 4.09. The quantitative estimate of drug-likeness (QED) is 0.879. The molecule has 0 spiro atoms. The molecule has 5 nitrogen and oxygen atoms in total. The minimum atomic E-state index is -0.508. The van der Waals surface area contributed by atoms with Crippen LogP contribution in [-0.2, 0) is 4.79 Å². The molecule has 0 unspecified atom stereocenters. The Morgan fingerprint density at radius 1 is 1.40 bits per heavy atom. The van der Waals surface area contributed by atoms with Crippen LogP contribution in [-0.4, -0.2) is 17.4 Å². The molecular formula is C15H21N3O2. The zero-order chi connectivity index (χ0) is 14.8. The van der Waals surface area contributed by atoms with Gasteiger partial charge in [0.15, 0.2) is 11.5 Å². The van der Waals surface area contributed by atoms with Gasteiger partial charge in [-0.05, 0) is 25.0 Å². The summed E-state index contributed by atoms with van der Waals surface area (Å²) >= 11 is 0. The third-order valence-electron chi connectivity index (χ3n) is 3.98. The van der Waals surface area contributed by atoms with Crippen LogP contribution in [0.1, 0.15) is 32.6 Å². The molecule has 0 atom stereocenters. The van der Waals surface area contributed by atoms with E-state index >= 15 is 0 Å². The lowest BCUT2D eigenvalue weighted by atomic mass is 9.81. The average molecular weight is 275 g/mol. The van der Waals surface area contributed by atoms with Crippen molar-refractivity contribution in [2.24, 2.45) is 11.1 Å². The second-order valence-corrected chi connectivity index (χ2v) is 5.06. The van der Waals surface area contributed by atoms with Crippen molar-refractivity contribution in [1.29, 1.82) is 0 Å². The zero-order valence-corrected chi connectivity index (χ0v) is 12.2. The summed E-state index contributed by atoms with van der Waals surface area (Å²) < 4.78 is 5.47. The summed E-state index contributed by atoms with van der Waals surface area (Å²) in [5.41, 5.74) is 7.45. The van der Waals surface area contributed by atoms with E-state index in [9.17, 15) is 4.79 Å². The topological polar surface area (TPSA) is 81.2 Å². The molecule has 1 aromatic carbocycles. The molecule has 0 saturated heterocycles. The number of nitrogens with one attached hydrogen (secondary N) is 1. The van der Waals surface area contributed by atoms with E-state index < -0.39 is 5.41 Å². The molecule has 2 aromatic rings. The Hall–Kier alpha value is -1.88. The maximum absolute atomic E-state index is 12.4. The Morgan fingerprint density at radius 2 is 2.10 bits per heavy atom. The predicted octanol–water partition coefficient (Wildman–Crippen LogP) is 2.84. The number of benzene rings is 1. The van der Waals surface area contributed by atoms with E-state index in [2.05, 4.69) is 10.3 Å². The highest BCUT2D eigenvalue weighted by molar-refractivity contribution is 5.96. The molecule has 0 radical (unpaired) electrons. The summed E-state index contributed by atoms with van der Waals surface area (Å²) in [4.78, 5) is 16.7. The van der Waals surface area contributed by atoms with Crippen molar-refractivity contribution in [1.82, 2.24) is 4.98 Å². The number of hydrogen-bond donors (Lipinski definition) is 2. The lowest BCUT2D eigenvalue weighted by Crippen LogP contribution is -2.41. The summed E-state index contributed by atoms with van der Waals surface area (Å²) in [7, 11) is 0. The van der Waals surface area contributed by atoms with Gasteiger partial charge in [0.25, 0.3) is 0 Å². The van der Waals surface area contributed by atoms with Crippen LogP contribution in [0.2, 0.25) is 0 Å². The van der Waals surface area contributed by atoms with Crippen LogP contribution in [0.15, 0.2) is 22.6 Å². The number of anilines is 1. The first-order chi connectivity index (χ1) is 9.54. The van der Waals surface area contributed by atoms with E-state index in [4.69, 9.17) is 10.2 Å². The lowest BCUT2D eigenvalue weighted by molar-refractivity contribution is -0.125. The Balaban J connectivity index is 2.24. The van der Waals surface area contributed by atoms with Gasteiger partial charge in [-0.25, -0.2) is 4.98 Å². The molecule has 1 aromatic heterocycles. The van der Waals surface area contributed by atoms with E-state index in [0.29, 0.717) is 23.7 Å². The number of fused-ring (bicyclic) bond motifs is 1. The molecule has 0 aliphatic rings. The van der Waals surface area contributed by atoms with E-state index in [0.717, 1.165) is 18.4 Å². The van der Waals surface area contributed by atoms with Gasteiger partial charge in [0.2, 0.25) is 5.91 Å². The Bertz CT molecular complexity index is 606. The average Bonchev–Trinajstić information content (AvgIpc) is 2.81. The molecule has 0 aliphatic heterocycles. The van der Waals surface area contributed by atoms with Gasteiger partial charge >= 0.3 is 0 Å². The van der Waals surface area contributed by atoms with Gasteiger partial charge in [0.1, 0.15) is 5.52 Å². The van der Waals surface area contributed by atoms with Crippen molar-refractivity contribution >= 4 is 22.7 Å². The van der Waals surface area contributed by atoms with Gasteiger partial charge in [-0.1, -0.05) is 13.8 Å². The fourth-order valence-electron chi connectivity index (χ4n) is 2.33. The van der Waals surface area contributed by atoms with Crippen molar-refractivity contribution in [2.45, 2.75) is 33.6 Å². The van der Waals surface area contributed by atoms with Gasteiger partial charge in [-0.3, -0.25) is 4.79 Å². The van der Waals surface area contributed by atoms with Crippen LogP contribution in [0.4, 0.5) is 5.69 Å². The summed E-state index contributed by atoms with van der Waals surface area (Å²) in [5.74, 6) is 0.572. The summed E-state index contributed by atoms with van der Waals surface area (Å²) in [6, 6.07) is 5.46. The Labute approximate surface area is 118 Å². The number of carbonyl (C=O) groups excluding carboxylic acids is 1. The molecule has 1 heterocycles. The van der Waals surface area contributed by atoms with Crippen LogP contribution >= 0.6 is 0 Å². The van der Waals surface area contributed by atoms with Crippen molar-refractivity contribution < 1.29 is 9.21 Å². The van der Waals surface area contributed by atoms with Crippen molar-refractivity contribution in [3.05, 3.63) is 24.1 Å².